The molecular formula is C14H17N3O2S2. The van der Waals surface area contributed by atoms with Gasteiger partial charge in [0, 0.05) is 17.4 Å². The van der Waals surface area contributed by atoms with Crippen LogP contribution in [0.3, 0.4) is 0 Å². The summed E-state index contributed by atoms with van der Waals surface area (Å²) in [7, 11) is 0. The summed E-state index contributed by atoms with van der Waals surface area (Å²) in [5, 5.41) is 15.5. The Kier molecular flexibility index (Phi) is 3.79. The fourth-order valence-corrected chi connectivity index (χ4v) is 4.41. The van der Waals surface area contributed by atoms with E-state index < -0.39 is 0 Å². The highest BCUT2D eigenvalue weighted by molar-refractivity contribution is 8.00. The van der Waals surface area contributed by atoms with Crippen molar-refractivity contribution in [2.75, 3.05) is 18.1 Å². The minimum atomic E-state index is -0.316. The van der Waals surface area contributed by atoms with Crippen LogP contribution < -0.4 is 5.32 Å². The van der Waals surface area contributed by atoms with Crippen molar-refractivity contribution in [1.82, 2.24) is 4.98 Å². The number of rotatable bonds is 5. The monoisotopic (exact) mass is 323 g/mol. The molecule has 1 saturated carbocycles. The average molecular weight is 323 g/mol. The van der Waals surface area contributed by atoms with E-state index in [1.807, 2.05) is 24.8 Å². The van der Waals surface area contributed by atoms with Crippen LogP contribution >= 0.6 is 23.1 Å². The molecule has 7 heteroatoms. The lowest BCUT2D eigenvalue weighted by Gasteiger charge is -2.40. The lowest BCUT2D eigenvalue weighted by atomic mass is 9.84. The maximum atomic E-state index is 11.3. The second kappa shape index (κ2) is 5.46. The van der Waals surface area contributed by atoms with Crippen LogP contribution in [0.5, 0.6) is 0 Å². The Balaban J connectivity index is 1.91. The average Bonchev–Trinajstić information content (AvgIpc) is 2.76. The number of aryl methyl sites for hydroxylation is 1. The zero-order valence-corrected chi connectivity index (χ0v) is 13.6. The number of fused-ring (bicyclic) bond motifs is 1. The van der Waals surface area contributed by atoms with Crippen LogP contribution in [0.2, 0.25) is 0 Å². The number of nitro groups is 1. The van der Waals surface area contributed by atoms with Crippen LogP contribution in [0.1, 0.15) is 24.3 Å². The molecule has 1 fully saturated rings. The minimum Gasteiger partial charge on any atom is -0.378 e. The molecule has 1 heterocycles. The second-order valence-corrected chi connectivity index (χ2v) is 7.93. The number of hydrogen-bond donors (Lipinski definition) is 1. The summed E-state index contributed by atoms with van der Waals surface area (Å²) in [5.74, 6) is 0. The lowest BCUT2D eigenvalue weighted by Crippen LogP contribution is -2.40. The van der Waals surface area contributed by atoms with Gasteiger partial charge in [-0.05, 0) is 32.1 Å². The Morgan fingerprint density at radius 1 is 1.52 bits per heavy atom. The molecule has 2 aromatic rings. The first-order valence-corrected chi connectivity index (χ1v) is 8.92. The van der Waals surface area contributed by atoms with Crippen LogP contribution in [-0.4, -0.2) is 27.5 Å². The van der Waals surface area contributed by atoms with Gasteiger partial charge in [-0.25, -0.2) is 4.98 Å². The number of anilines is 1. The van der Waals surface area contributed by atoms with Crippen molar-refractivity contribution in [1.29, 1.82) is 0 Å². The third-order valence-electron chi connectivity index (χ3n) is 4.11. The van der Waals surface area contributed by atoms with Crippen molar-refractivity contribution < 1.29 is 4.92 Å². The highest BCUT2D eigenvalue weighted by atomic mass is 32.2. The first-order valence-electron chi connectivity index (χ1n) is 6.88. The van der Waals surface area contributed by atoms with E-state index >= 15 is 0 Å². The van der Waals surface area contributed by atoms with Gasteiger partial charge in [-0.3, -0.25) is 10.1 Å². The number of nitrogens with zero attached hydrogens (tertiary/aromatic N) is 2. The van der Waals surface area contributed by atoms with Crippen molar-refractivity contribution in [3.63, 3.8) is 0 Å². The lowest BCUT2D eigenvalue weighted by molar-refractivity contribution is -0.383. The zero-order valence-electron chi connectivity index (χ0n) is 12.0. The maximum Gasteiger partial charge on any atom is 0.293 e. The molecule has 0 radical (unpaired) electrons. The fraction of sp³-hybridized carbons (Fsp3) is 0.500. The van der Waals surface area contributed by atoms with Crippen molar-refractivity contribution >= 4 is 44.7 Å². The fourth-order valence-electron chi connectivity index (χ4n) is 2.65. The second-order valence-electron chi connectivity index (χ2n) is 5.42. The van der Waals surface area contributed by atoms with Gasteiger partial charge in [0.05, 0.1) is 20.1 Å². The van der Waals surface area contributed by atoms with E-state index in [1.54, 1.807) is 6.07 Å². The van der Waals surface area contributed by atoms with Gasteiger partial charge in [0.15, 0.2) is 0 Å². The van der Waals surface area contributed by atoms with E-state index in [0.29, 0.717) is 5.69 Å². The summed E-state index contributed by atoms with van der Waals surface area (Å²) in [6, 6.07) is 3.44. The molecule has 0 aliphatic heterocycles. The standard InChI is InChI=1S/C14H17N3O2S2/c1-9-16-11-6-10(12(17(18)19)7-13(11)21-9)15-8-14(20-2)4-3-5-14/h6-7,15H,3-5,8H2,1-2H3. The van der Waals surface area contributed by atoms with Gasteiger partial charge in [-0.2, -0.15) is 11.8 Å². The molecule has 21 heavy (non-hydrogen) atoms. The van der Waals surface area contributed by atoms with Gasteiger partial charge in [-0.1, -0.05) is 6.42 Å². The van der Waals surface area contributed by atoms with Crippen LogP contribution in [0.25, 0.3) is 10.2 Å². The molecule has 0 spiro atoms. The summed E-state index contributed by atoms with van der Waals surface area (Å²) >= 11 is 3.34. The molecule has 0 saturated heterocycles. The summed E-state index contributed by atoms with van der Waals surface area (Å²) in [4.78, 5) is 15.4. The molecule has 0 amide bonds. The van der Waals surface area contributed by atoms with E-state index in [9.17, 15) is 10.1 Å². The molecule has 0 atom stereocenters. The van der Waals surface area contributed by atoms with Crippen molar-refractivity contribution in [2.24, 2.45) is 0 Å². The molecular weight excluding hydrogens is 306 g/mol. The number of aromatic nitrogens is 1. The quantitative estimate of drug-likeness (QED) is 0.659. The van der Waals surface area contributed by atoms with Crippen molar-refractivity contribution in [3.05, 3.63) is 27.3 Å². The first-order chi connectivity index (χ1) is 10.0. The molecule has 1 N–H and O–H groups in total. The molecule has 0 unspecified atom stereocenters. The number of hydrogen-bond acceptors (Lipinski definition) is 6. The van der Waals surface area contributed by atoms with Crippen molar-refractivity contribution in [3.8, 4) is 0 Å². The third kappa shape index (κ3) is 2.72. The minimum absolute atomic E-state index is 0.140. The Hall–Kier alpha value is -1.34. The molecule has 0 bridgehead atoms. The van der Waals surface area contributed by atoms with Gasteiger partial charge in [0.1, 0.15) is 5.69 Å². The summed E-state index contributed by atoms with van der Waals surface area (Å²) in [5.41, 5.74) is 1.55. The number of nitro benzene ring substituents is 1. The normalized spacial score (nSPS) is 16.7. The molecule has 3 rings (SSSR count). The third-order valence-corrected chi connectivity index (χ3v) is 6.46. The Labute approximate surface area is 131 Å². The molecule has 1 aromatic heterocycles. The van der Waals surface area contributed by atoms with Gasteiger partial charge >= 0.3 is 0 Å². The Bertz CT molecular complexity index is 689. The number of thioether (sulfide) groups is 1. The molecule has 1 aromatic carbocycles. The van der Waals surface area contributed by atoms with Gasteiger partial charge in [0.2, 0.25) is 0 Å². The van der Waals surface area contributed by atoms with Crippen LogP contribution in [0.4, 0.5) is 11.4 Å². The van der Waals surface area contributed by atoms with E-state index in [1.165, 1.54) is 30.6 Å². The smallest absolute Gasteiger partial charge is 0.293 e. The number of nitrogens with one attached hydrogen (secondary N) is 1. The largest absolute Gasteiger partial charge is 0.378 e. The van der Waals surface area contributed by atoms with E-state index in [4.69, 9.17) is 0 Å². The topological polar surface area (TPSA) is 68.1 Å². The molecule has 112 valence electrons. The highest BCUT2D eigenvalue weighted by Gasteiger charge is 2.36. The van der Waals surface area contributed by atoms with E-state index in [-0.39, 0.29) is 15.4 Å². The van der Waals surface area contributed by atoms with Gasteiger partial charge < -0.3 is 5.32 Å². The SMILES string of the molecule is CSC1(CNc2cc3nc(C)sc3cc2[N+](=O)[O-])CCC1. The molecule has 1 aliphatic carbocycles. The van der Waals surface area contributed by atoms with Crippen LogP contribution in [-0.2, 0) is 0 Å². The number of benzene rings is 1. The molecule has 1 aliphatic rings. The Morgan fingerprint density at radius 2 is 2.29 bits per heavy atom. The van der Waals surface area contributed by atoms with Crippen LogP contribution in [0.15, 0.2) is 12.1 Å². The van der Waals surface area contributed by atoms with Gasteiger partial charge in [-0.15, -0.1) is 11.3 Å². The predicted molar refractivity (Wildman–Crippen MR) is 89.6 cm³/mol. The summed E-state index contributed by atoms with van der Waals surface area (Å²) in [6.07, 6.45) is 5.71. The Morgan fingerprint density at radius 3 is 2.86 bits per heavy atom. The zero-order chi connectivity index (χ0) is 15.0. The maximum absolute atomic E-state index is 11.3. The van der Waals surface area contributed by atoms with Crippen molar-refractivity contribution in [2.45, 2.75) is 30.9 Å². The number of thiazole rings is 1. The van der Waals surface area contributed by atoms with E-state index in [0.717, 1.165) is 21.8 Å². The van der Waals surface area contributed by atoms with E-state index in [2.05, 4.69) is 16.6 Å². The molecule has 5 nitrogen and oxygen atoms in total. The highest BCUT2D eigenvalue weighted by Crippen LogP contribution is 2.43. The summed E-state index contributed by atoms with van der Waals surface area (Å²) < 4.78 is 1.11. The summed E-state index contributed by atoms with van der Waals surface area (Å²) in [6.45, 7) is 2.68. The predicted octanol–water partition coefficient (Wildman–Crippen LogP) is 4.21. The first kappa shape index (κ1) is 14.6. The van der Waals surface area contributed by atoms with Gasteiger partial charge in [0.25, 0.3) is 5.69 Å². The van der Waals surface area contributed by atoms with Crippen LogP contribution in [0, 0.1) is 17.0 Å².